The van der Waals surface area contributed by atoms with Crippen LogP contribution >= 0.6 is 0 Å². The predicted molar refractivity (Wildman–Crippen MR) is 73.4 cm³/mol. The molecule has 0 aliphatic heterocycles. The predicted octanol–water partition coefficient (Wildman–Crippen LogP) is 3.46. The van der Waals surface area contributed by atoms with Gasteiger partial charge in [-0.25, -0.2) is 9.18 Å². The Labute approximate surface area is 111 Å². The van der Waals surface area contributed by atoms with E-state index in [9.17, 15) is 9.18 Å². The number of rotatable bonds is 3. The van der Waals surface area contributed by atoms with Crippen LogP contribution in [0, 0.1) is 12.7 Å². The molecule has 0 heterocycles. The van der Waals surface area contributed by atoms with Gasteiger partial charge < -0.3 is 10.6 Å². The van der Waals surface area contributed by atoms with Crippen LogP contribution in [0.3, 0.4) is 0 Å². The summed E-state index contributed by atoms with van der Waals surface area (Å²) < 4.78 is 13.3. The standard InChI is InChI=1S/C15H15FN2O/c1-11-6-8-12(9-7-11)10-17-15(19)18-14-5-3-2-4-13(14)16/h2-9H,10H2,1H3,(H2,17,18,19). The molecule has 0 aromatic heterocycles. The number of para-hydroxylation sites is 1. The van der Waals surface area contributed by atoms with Crippen molar-refractivity contribution in [3.05, 3.63) is 65.5 Å². The number of benzene rings is 2. The van der Waals surface area contributed by atoms with E-state index in [2.05, 4.69) is 10.6 Å². The van der Waals surface area contributed by atoms with E-state index in [0.29, 0.717) is 6.54 Å². The third kappa shape index (κ3) is 3.81. The van der Waals surface area contributed by atoms with E-state index in [1.54, 1.807) is 12.1 Å². The van der Waals surface area contributed by atoms with Crippen molar-refractivity contribution in [2.24, 2.45) is 0 Å². The molecule has 0 saturated heterocycles. The van der Waals surface area contributed by atoms with Crippen molar-refractivity contribution >= 4 is 11.7 Å². The molecule has 2 rings (SSSR count). The molecule has 2 N–H and O–H groups in total. The van der Waals surface area contributed by atoms with E-state index >= 15 is 0 Å². The van der Waals surface area contributed by atoms with Gasteiger partial charge in [0, 0.05) is 6.54 Å². The van der Waals surface area contributed by atoms with Crippen LogP contribution in [0.15, 0.2) is 48.5 Å². The molecule has 3 nitrogen and oxygen atoms in total. The monoisotopic (exact) mass is 258 g/mol. The van der Waals surface area contributed by atoms with Gasteiger partial charge in [0.1, 0.15) is 5.82 Å². The SMILES string of the molecule is Cc1ccc(CNC(=O)Nc2ccccc2F)cc1. The normalized spacial score (nSPS) is 10.0. The first kappa shape index (κ1) is 13.1. The smallest absolute Gasteiger partial charge is 0.319 e. The van der Waals surface area contributed by atoms with Gasteiger partial charge in [0.15, 0.2) is 0 Å². The molecule has 0 aliphatic carbocycles. The number of hydrogen-bond acceptors (Lipinski definition) is 1. The summed E-state index contributed by atoms with van der Waals surface area (Å²) in [5.41, 5.74) is 2.33. The van der Waals surface area contributed by atoms with Crippen molar-refractivity contribution < 1.29 is 9.18 Å². The minimum absolute atomic E-state index is 0.170. The number of aryl methyl sites for hydroxylation is 1. The third-order valence-corrected chi connectivity index (χ3v) is 2.70. The molecule has 2 aromatic rings. The fourth-order valence-electron chi connectivity index (χ4n) is 1.62. The molecule has 19 heavy (non-hydrogen) atoms. The van der Waals surface area contributed by atoms with Crippen molar-refractivity contribution in [1.82, 2.24) is 5.32 Å². The second-order valence-electron chi connectivity index (χ2n) is 4.27. The van der Waals surface area contributed by atoms with Crippen LogP contribution in [0.4, 0.5) is 14.9 Å². The molecule has 0 radical (unpaired) electrons. The van der Waals surface area contributed by atoms with Crippen molar-refractivity contribution in [2.45, 2.75) is 13.5 Å². The highest BCUT2D eigenvalue weighted by atomic mass is 19.1. The maximum Gasteiger partial charge on any atom is 0.319 e. The zero-order valence-electron chi connectivity index (χ0n) is 10.6. The largest absolute Gasteiger partial charge is 0.334 e. The molecule has 2 amide bonds. The van der Waals surface area contributed by atoms with Crippen molar-refractivity contribution in [2.75, 3.05) is 5.32 Å². The summed E-state index contributed by atoms with van der Waals surface area (Å²) in [5.74, 6) is -0.451. The van der Waals surface area contributed by atoms with E-state index in [1.165, 1.54) is 17.7 Å². The molecule has 0 aliphatic rings. The maximum absolute atomic E-state index is 13.3. The van der Waals surface area contributed by atoms with Crippen LogP contribution in [0.5, 0.6) is 0 Å². The molecule has 0 fully saturated rings. The van der Waals surface area contributed by atoms with Gasteiger partial charge in [-0.15, -0.1) is 0 Å². The van der Waals surface area contributed by atoms with E-state index in [0.717, 1.165) is 5.56 Å². The Morgan fingerprint density at radius 2 is 1.79 bits per heavy atom. The molecular formula is C15H15FN2O. The van der Waals surface area contributed by atoms with E-state index < -0.39 is 11.8 Å². The lowest BCUT2D eigenvalue weighted by Crippen LogP contribution is -2.28. The van der Waals surface area contributed by atoms with Crippen LogP contribution in [0.25, 0.3) is 0 Å². The van der Waals surface area contributed by atoms with Gasteiger partial charge in [-0.05, 0) is 24.6 Å². The number of carbonyl (C=O) groups is 1. The highest BCUT2D eigenvalue weighted by molar-refractivity contribution is 5.89. The van der Waals surface area contributed by atoms with Gasteiger partial charge in [-0.1, -0.05) is 42.0 Å². The summed E-state index contributed by atoms with van der Waals surface area (Å²) in [7, 11) is 0. The molecule has 0 unspecified atom stereocenters. The Hall–Kier alpha value is -2.36. The van der Waals surface area contributed by atoms with Crippen molar-refractivity contribution in [3.8, 4) is 0 Å². The van der Waals surface area contributed by atoms with E-state index in [4.69, 9.17) is 0 Å². The number of anilines is 1. The molecule has 0 saturated carbocycles. The quantitative estimate of drug-likeness (QED) is 0.869. The Balaban J connectivity index is 1.88. The fourth-order valence-corrected chi connectivity index (χ4v) is 1.62. The zero-order valence-corrected chi connectivity index (χ0v) is 10.6. The number of urea groups is 1. The third-order valence-electron chi connectivity index (χ3n) is 2.70. The topological polar surface area (TPSA) is 41.1 Å². The summed E-state index contributed by atoms with van der Waals surface area (Å²) in [6, 6.07) is 13.5. The van der Waals surface area contributed by atoms with Crippen LogP contribution in [-0.2, 0) is 6.54 Å². The first-order valence-electron chi connectivity index (χ1n) is 6.00. The van der Waals surface area contributed by atoms with Gasteiger partial charge >= 0.3 is 6.03 Å². The molecule has 0 bridgehead atoms. The first-order chi connectivity index (χ1) is 9.15. The molecular weight excluding hydrogens is 243 g/mol. The van der Waals surface area contributed by atoms with E-state index in [1.807, 2.05) is 31.2 Å². The Morgan fingerprint density at radius 3 is 2.47 bits per heavy atom. The molecule has 4 heteroatoms. The second-order valence-corrected chi connectivity index (χ2v) is 4.27. The van der Waals surface area contributed by atoms with Crippen molar-refractivity contribution in [1.29, 1.82) is 0 Å². The van der Waals surface area contributed by atoms with Gasteiger partial charge in [0.2, 0.25) is 0 Å². The number of nitrogens with one attached hydrogen (secondary N) is 2. The lowest BCUT2D eigenvalue weighted by Gasteiger charge is -2.08. The van der Waals surface area contributed by atoms with Crippen LogP contribution < -0.4 is 10.6 Å². The Kier molecular flexibility index (Phi) is 4.13. The minimum atomic E-state index is -0.451. The molecule has 0 atom stereocenters. The Morgan fingerprint density at radius 1 is 1.11 bits per heavy atom. The first-order valence-corrected chi connectivity index (χ1v) is 6.00. The fraction of sp³-hybridized carbons (Fsp3) is 0.133. The van der Waals surface area contributed by atoms with Crippen LogP contribution in [-0.4, -0.2) is 6.03 Å². The molecule has 98 valence electrons. The summed E-state index contributed by atoms with van der Waals surface area (Å²) in [4.78, 5) is 11.6. The van der Waals surface area contributed by atoms with E-state index in [-0.39, 0.29) is 5.69 Å². The average molecular weight is 258 g/mol. The average Bonchev–Trinajstić information content (AvgIpc) is 2.41. The number of hydrogen-bond donors (Lipinski definition) is 2. The number of amides is 2. The molecule has 2 aromatic carbocycles. The number of halogens is 1. The minimum Gasteiger partial charge on any atom is -0.334 e. The Bertz CT molecular complexity index is 567. The van der Waals surface area contributed by atoms with Gasteiger partial charge in [0.05, 0.1) is 5.69 Å². The molecule has 0 spiro atoms. The van der Waals surface area contributed by atoms with Gasteiger partial charge in [-0.3, -0.25) is 0 Å². The van der Waals surface area contributed by atoms with Gasteiger partial charge in [-0.2, -0.15) is 0 Å². The van der Waals surface area contributed by atoms with Crippen LogP contribution in [0.2, 0.25) is 0 Å². The summed E-state index contributed by atoms with van der Waals surface area (Å²) in [6.07, 6.45) is 0. The summed E-state index contributed by atoms with van der Waals surface area (Å²) in [5, 5.41) is 5.14. The maximum atomic E-state index is 13.3. The lowest BCUT2D eigenvalue weighted by molar-refractivity contribution is 0.251. The lowest BCUT2D eigenvalue weighted by atomic mass is 10.1. The zero-order chi connectivity index (χ0) is 13.7. The highest BCUT2D eigenvalue weighted by Gasteiger charge is 2.05. The van der Waals surface area contributed by atoms with Gasteiger partial charge in [0.25, 0.3) is 0 Å². The van der Waals surface area contributed by atoms with Crippen LogP contribution in [0.1, 0.15) is 11.1 Å². The summed E-state index contributed by atoms with van der Waals surface area (Å²) >= 11 is 0. The highest BCUT2D eigenvalue weighted by Crippen LogP contribution is 2.12. The van der Waals surface area contributed by atoms with Crippen molar-refractivity contribution in [3.63, 3.8) is 0 Å². The summed E-state index contributed by atoms with van der Waals surface area (Å²) in [6.45, 7) is 2.41. The second kappa shape index (κ2) is 6.00. The number of carbonyl (C=O) groups excluding carboxylic acids is 1.